The van der Waals surface area contributed by atoms with Crippen molar-refractivity contribution in [2.75, 3.05) is 6.54 Å². The molecule has 1 saturated carbocycles. The number of alkyl halides is 1. The monoisotopic (exact) mass is 572 g/mol. The molecule has 3 N–H and O–H groups in total. The number of amides is 3. The number of nitrogens with zero attached hydrogens (tertiary/aromatic N) is 2. The third-order valence-electron chi connectivity index (χ3n) is 7.69. The molecule has 4 atom stereocenters. The van der Waals surface area contributed by atoms with Crippen molar-refractivity contribution in [1.82, 2.24) is 20.5 Å². The maximum Gasteiger partial charge on any atom is 0.258 e. The lowest BCUT2D eigenvalue weighted by molar-refractivity contribution is -0.145. The number of hydrogen-bond donors (Lipinski definition) is 3. The molecule has 1 aliphatic heterocycles. The summed E-state index contributed by atoms with van der Waals surface area (Å²) in [6, 6.07) is 5.82. The summed E-state index contributed by atoms with van der Waals surface area (Å²) in [6.45, 7) is 11.5. The van der Waals surface area contributed by atoms with Crippen LogP contribution in [0.25, 0.3) is 10.4 Å². The van der Waals surface area contributed by atoms with Gasteiger partial charge in [0.25, 0.3) is 5.91 Å². The van der Waals surface area contributed by atoms with E-state index >= 15 is 0 Å². The summed E-state index contributed by atoms with van der Waals surface area (Å²) in [5, 5.41) is 16.2. The lowest BCUT2D eigenvalue weighted by Crippen LogP contribution is -2.59. The number of aliphatic hydroxyl groups excluding tert-OH is 1. The molecule has 2 aliphatic rings. The average molecular weight is 573 g/mol. The number of aromatic nitrogens is 1. The number of carbonyl (C=O) groups excluding carboxylic acids is 3. The normalized spacial score (nSPS) is 21.7. The molecule has 0 radical (unpaired) electrons. The van der Waals surface area contributed by atoms with E-state index in [0.717, 1.165) is 21.7 Å². The van der Waals surface area contributed by atoms with E-state index in [1.807, 2.05) is 36.7 Å². The van der Waals surface area contributed by atoms with Crippen molar-refractivity contribution in [3.05, 3.63) is 41.0 Å². The molecule has 218 valence electrons. The summed E-state index contributed by atoms with van der Waals surface area (Å²) in [6.07, 6.45) is 0.178. The molecule has 1 aromatic carbocycles. The van der Waals surface area contributed by atoms with Crippen molar-refractivity contribution in [2.24, 2.45) is 11.3 Å². The van der Waals surface area contributed by atoms with Gasteiger partial charge in [-0.1, -0.05) is 58.9 Å². The molecule has 8 nitrogen and oxygen atoms in total. The summed E-state index contributed by atoms with van der Waals surface area (Å²) in [5.41, 5.74) is 2.14. The van der Waals surface area contributed by atoms with Crippen LogP contribution in [0.2, 0.25) is 0 Å². The lowest BCUT2D eigenvalue weighted by Gasteiger charge is -2.36. The molecule has 2 aromatic rings. The predicted molar refractivity (Wildman–Crippen MR) is 153 cm³/mol. The van der Waals surface area contributed by atoms with Crippen LogP contribution in [0.15, 0.2) is 29.8 Å². The van der Waals surface area contributed by atoms with Gasteiger partial charge in [0.2, 0.25) is 11.8 Å². The summed E-state index contributed by atoms with van der Waals surface area (Å²) < 4.78 is 14.4. The number of halogens is 1. The van der Waals surface area contributed by atoms with Gasteiger partial charge in [0.1, 0.15) is 12.1 Å². The Hall–Kier alpha value is -2.85. The number of likely N-dealkylation sites (tertiary alicyclic amines) is 1. The van der Waals surface area contributed by atoms with Gasteiger partial charge in [-0.2, -0.15) is 0 Å². The molecule has 2 fully saturated rings. The number of benzene rings is 1. The molecular formula is C30H41FN4O4S. The first kappa shape index (κ1) is 30.1. The van der Waals surface area contributed by atoms with Crippen molar-refractivity contribution in [3.63, 3.8) is 0 Å². The standard InChI is InChI=1S/C30H41FN4O4S/c1-17(2)13-22(19-7-9-20(10-8-19)24-18(3)32-16-40-24)33-26(37)23-14-21(36)15-35(23)27(38)25(29(4,5)6)34-28(39)30(31)11-12-30/h7-10,16-17,21-23,25,36H,11-15H2,1-6H3,(H,33,37)(H,34,39). The minimum absolute atomic E-state index is 0.0299. The minimum atomic E-state index is -1.93. The van der Waals surface area contributed by atoms with Gasteiger partial charge in [0.15, 0.2) is 5.67 Å². The number of carbonyl (C=O) groups is 3. The van der Waals surface area contributed by atoms with Crippen molar-refractivity contribution in [3.8, 4) is 10.4 Å². The first-order valence-corrected chi connectivity index (χ1v) is 14.9. The lowest BCUT2D eigenvalue weighted by atomic mass is 9.85. The first-order valence-electron chi connectivity index (χ1n) is 14.0. The molecule has 1 saturated heterocycles. The zero-order valence-electron chi connectivity index (χ0n) is 24.2. The van der Waals surface area contributed by atoms with Gasteiger partial charge in [-0.3, -0.25) is 14.4 Å². The van der Waals surface area contributed by atoms with Gasteiger partial charge in [-0.25, -0.2) is 9.37 Å². The second kappa shape index (κ2) is 11.6. The molecule has 4 rings (SSSR count). The third-order valence-corrected chi connectivity index (χ3v) is 8.67. The van der Waals surface area contributed by atoms with Crippen LogP contribution in [0.5, 0.6) is 0 Å². The molecule has 1 aromatic heterocycles. The number of aliphatic hydroxyl groups is 1. The van der Waals surface area contributed by atoms with E-state index in [2.05, 4.69) is 29.5 Å². The van der Waals surface area contributed by atoms with Crippen molar-refractivity contribution in [1.29, 1.82) is 0 Å². The summed E-state index contributed by atoms with van der Waals surface area (Å²) >= 11 is 1.58. The van der Waals surface area contributed by atoms with E-state index in [9.17, 15) is 23.9 Å². The smallest absolute Gasteiger partial charge is 0.258 e. The second-order valence-corrected chi connectivity index (χ2v) is 13.6. The fraction of sp³-hybridized carbons (Fsp3) is 0.600. The molecule has 0 spiro atoms. The largest absolute Gasteiger partial charge is 0.391 e. The number of nitrogens with one attached hydrogen (secondary N) is 2. The van der Waals surface area contributed by atoms with Gasteiger partial charge in [0, 0.05) is 13.0 Å². The summed E-state index contributed by atoms with van der Waals surface area (Å²) in [5.74, 6) is -1.36. The van der Waals surface area contributed by atoms with E-state index in [1.165, 1.54) is 4.90 Å². The fourth-order valence-corrected chi connectivity index (χ4v) is 5.99. The van der Waals surface area contributed by atoms with Gasteiger partial charge in [0.05, 0.1) is 28.2 Å². The van der Waals surface area contributed by atoms with Crippen LogP contribution in [0.3, 0.4) is 0 Å². The van der Waals surface area contributed by atoms with Crippen LogP contribution < -0.4 is 10.6 Å². The molecule has 0 bridgehead atoms. The van der Waals surface area contributed by atoms with Crippen molar-refractivity contribution < 1.29 is 23.9 Å². The fourth-order valence-electron chi connectivity index (χ4n) is 5.18. The number of β-amino-alcohol motifs (C(OH)–C–C–N with tert-alkyl or cyclic N) is 1. The second-order valence-electron chi connectivity index (χ2n) is 12.7. The van der Waals surface area contributed by atoms with E-state index in [4.69, 9.17) is 0 Å². The molecule has 40 heavy (non-hydrogen) atoms. The molecule has 10 heteroatoms. The maximum absolute atomic E-state index is 14.4. The maximum atomic E-state index is 14.4. The Labute approximate surface area is 239 Å². The Bertz CT molecular complexity index is 1240. The average Bonchev–Trinajstić information content (AvgIpc) is 3.28. The Kier molecular flexibility index (Phi) is 8.71. The number of thiazole rings is 1. The zero-order valence-corrected chi connectivity index (χ0v) is 25.0. The Morgan fingerprint density at radius 2 is 1.82 bits per heavy atom. The van der Waals surface area contributed by atoms with Crippen LogP contribution in [0, 0.1) is 18.3 Å². The van der Waals surface area contributed by atoms with Crippen molar-refractivity contribution >= 4 is 29.1 Å². The van der Waals surface area contributed by atoms with Crippen LogP contribution in [0.1, 0.15) is 77.6 Å². The Morgan fingerprint density at radius 3 is 2.35 bits per heavy atom. The number of aryl methyl sites for hydroxylation is 1. The minimum Gasteiger partial charge on any atom is -0.391 e. The highest BCUT2D eigenvalue weighted by atomic mass is 32.1. The molecule has 1 aliphatic carbocycles. The highest BCUT2D eigenvalue weighted by molar-refractivity contribution is 7.13. The number of rotatable bonds is 9. The summed E-state index contributed by atoms with van der Waals surface area (Å²) in [4.78, 5) is 46.7. The van der Waals surface area contributed by atoms with E-state index in [0.29, 0.717) is 6.42 Å². The highest BCUT2D eigenvalue weighted by Crippen LogP contribution is 2.40. The molecule has 4 unspecified atom stereocenters. The SMILES string of the molecule is Cc1ncsc1-c1ccc(C(CC(C)C)NC(=O)C2CC(O)CN2C(=O)C(NC(=O)C2(F)CC2)C(C)(C)C)cc1. The van der Waals surface area contributed by atoms with Gasteiger partial charge in [-0.15, -0.1) is 11.3 Å². The van der Waals surface area contributed by atoms with Crippen LogP contribution in [-0.4, -0.2) is 63.1 Å². The quantitative estimate of drug-likeness (QED) is 0.415. The van der Waals surface area contributed by atoms with Crippen LogP contribution in [-0.2, 0) is 14.4 Å². The van der Waals surface area contributed by atoms with Gasteiger partial charge >= 0.3 is 0 Å². The van der Waals surface area contributed by atoms with Gasteiger partial charge in [-0.05, 0) is 48.6 Å². The van der Waals surface area contributed by atoms with Gasteiger partial charge < -0.3 is 20.6 Å². The predicted octanol–water partition coefficient (Wildman–Crippen LogP) is 4.32. The van der Waals surface area contributed by atoms with Crippen LogP contribution >= 0.6 is 11.3 Å². The van der Waals surface area contributed by atoms with E-state index in [-0.39, 0.29) is 43.7 Å². The zero-order chi connectivity index (χ0) is 29.4. The Balaban J connectivity index is 1.53. The summed E-state index contributed by atoms with van der Waals surface area (Å²) in [7, 11) is 0. The molecular weight excluding hydrogens is 531 g/mol. The third kappa shape index (κ3) is 6.71. The molecule has 2 heterocycles. The van der Waals surface area contributed by atoms with Crippen molar-refractivity contribution in [2.45, 2.75) is 97.1 Å². The highest BCUT2D eigenvalue weighted by Gasteiger charge is 2.53. The van der Waals surface area contributed by atoms with E-state index < -0.39 is 41.1 Å². The Morgan fingerprint density at radius 1 is 1.18 bits per heavy atom. The van der Waals surface area contributed by atoms with E-state index in [1.54, 1.807) is 32.1 Å². The number of hydrogen-bond acceptors (Lipinski definition) is 6. The first-order chi connectivity index (χ1) is 18.7. The molecule has 3 amide bonds. The topological polar surface area (TPSA) is 112 Å². The van der Waals surface area contributed by atoms with Crippen LogP contribution in [0.4, 0.5) is 4.39 Å².